The van der Waals surface area contributed by atoms with Crippen LogP contribution in [0.1, 0.15) is 29.6 Å². The van der Waals surface area contributed by atoms with Gasteiger partial charge in [0, 0.05) is 56.1 Å². The van der Waals surface area contributed by atoms with Crippen molar-refractivity contribution in [2.24, 2.45) is 0 Å². The summed E-state index contributed by atoms with van der Waals surface area (Å²) in [6.45, 7) is 2.92. The lowest BCUT2D eigenvalue weighted by molar-refractivity contribution is -0.121. The van der Waals surface area contributed by atoms with Crippen molar-refractivity contribution >= 4 is 11.8 Å². The van der Waals surface area contributed by atoms with Crippen LogP contribution >= 0.6 is 0 Å². The van der Waals surface area contributed by atoms with E-state index in [-0.39, 0.29) is 17.4 Å². The van der Waals surface area contributed by atoms with E-state index in [1.54, 1.807) is 24.5 Å². The number of carbonyl (C=O) groups is 2. The Balaban J connectivity index is 1.78. The number of hydrogen-bond donors (Lipinski definition) is 1. The number of carbonyl (C=O) groups excluding carboxylic acids is 2. The number of likely N-dealkylation sites (N-methyl/N-ethyl adjacent to an activating group) is 1. The zero-order chi connectivity index (χ0) is 15.6. The standard InChI is InChI=1S/C16H22N4O2/c1-19-10-11-20(15(22)13-3-7-17-8-4-13)12-16(19)5-2-14(21)18-9-6-16/h3-4,7-8H,2,5-6,9-12H2,1H3,(H,18,21)/t16-/m1/s1. The van der Waals surface area contributed by atoms with Gasteiger partial charge < -0.3 is 10.2 Å². The van der Waals surface area contributed by atoms with Gasteiger partial charge in [-0.2, -0.15) is 0 Å². The van der Waals surface area contributed by atoms with Gasteiger partial charge in [0.1, 0.15) is 0 Å². The summed E-state index contributed by atoms with van der Waals surface area (Å²) < 4.78 is 0. The summed E-state index contributed by atoms with van der Waals surface area (Å²) in [7, 11) is 2.10. The number of amides is 2. The van der Waals surface area contributed by atoms with E-state index in [1.165, 1.54) is 0 Å². The lowest BCUT2D eigenvalue weighted by Gasteiger charge is -2.49. The van der Waals surface area contributed by atoms with Crippen LogP contribution in [0.3, 0.4) is 0 Å². The van der Waals surface area contributed by atoms with E-state index in [4.69, 9.17) is 0 Å². The van der Waals surface area contributed by atoms with Crippen molar-refractivity contribution in [2.75, 3.05) is 33.2 Å². The average Bonchev–Trinajstić information content (AvgIpc) is 2.73. The van der Waals surface area contributed by atoms with Crippen LogP contribution in [-0.2, 0) is 4.79 Å². The van der Waals surface area contributed by atoms with E-state index in [0.29, 0.717) is 25.1 Å². The van der Waals surface area contributed by atoms with E-state index in [2.05, 4.69) is 22.2 Å². The van der Waals surface area contributed by atoms with Crippen molar-refractivity contribution in [3.05, 3.63) is 30.1 Å². The maximum Gasteiger partial charge on any atom is 0.254 e. The molecule has 6 heteroatoms. The number of aromatic nitrogens is 1. The first-order valence-electron chi connectivity index (χ1n) is 7.78. The monoisotopic (exact) mass is 302 g/mol. The fourth-order valence-electron chi connectivity index (χ4n) is 3.45. The summed E-state index contributed by atoms with van der Waals surface area (Å²) in [6, 6.07) is 3.51. The molecule has 0 bridgehead atoms. The van der Waals surface area contributed by atoms with Gasteiger partial charge in [-0.15, -0.1) is 0 Å². The summed E-state index contributed by atoms with van der Waals surface area (Å²) in [5.74, 6) is 0.168. The van der Waals surface area contributed by atoms with Gasteiger partial charge in [-0.3, -0.25) is 19.5 Å². The normalized spacial score (nSPS) is 26.6. The molecule has 2 aliphatic rings. The molecule has 6 nitrogen and oxygen atoms in total. The molecule has 1 N–H and O–H groups in total. The van der Waals surface area contributed by atoms with Gasteiger partial charge in [0.05, 0.1) is 0 Å². The summed E-state index contributed by atoms with van der Waals surface area (Å²) in [4.78, 5) is 32.5. The van der Waals surface area contributed by atoms with Crippen LogP contribution in [0.15, 0.2) is 24.5 Å². The van der Waals surface area contributed by atoms with Gasteiger partial charge in [-0.05, 0) is 32.0 Å². The Labute approximate surface area is 130 Å². The highest BCUT2D eigenvalue weighted by atomic mass is 16.2. The number of rotatable bonds is 1. The molecule has 2 fully saturated rings. The number of nitrogens with zero attached hydrogens (tertiary/aromatic N) is 3. The lowest BCUT2D eigenvalue weighted by Crippen LogP contribution is -2.62. The highest BCUT2D eigenvalue weighted by Gasteiger charge is 2.42. The Morgan fingerprint density at radius 2 is 2.05 bits per heavy atom. The molecule has 1 spiro atoms. The molecule has 0 aromatic carbocycles. The molecule has 0 saturated carbocycles. The molecule has 2 aliphatic heterocycles. The third kappa shape index (κ3) is 2.83. The van der Waals surface area contributed by atoms with Crippen LogP contribution in [0, 0.1) is 0 Å². The SMILES string of the molecule is CN1CCN(C(=O)c2ccncc2)C[C@@]12CCNC(=O)CC2. The van der Waals surface area contributed by atoms with Crippen LogP contribution in [0.25, 0.3) is 0 Å². The molecular formula is C16H22N4O2. The van der Waals surface area contributed by atoms with Crippen LogP contribution < -0.4 is 5.32 Å². The maximum atomic E-state index is 12.7. The summed E-state index contributed by atoms with van der Waals surface area (Å²) >= 11 is 0. The van der Waals surface area contributed by atoms with Crippen LogP contribution in [0.4, 0.5) is 0 Å². The van der Waals surface area contributed by atoms with Crippen molar-refractivity contribution in [2.45, 2.75) is 24.8 Å². The predicted molar refractivity (Wildman–Crippen MR) is 82.4 cm³/mol. The lowest BCUT2D eigenvalue weighted by atomic mass is 9.86. The Morgan fingerprint density at radius 1 is 1.27 bits per heavy atom. The number of nitrogens with one attached hydrogen (secondary N) is 1. The summed E-state index contributed by atoms with van der Waals surface area (Å²) in [5.41, 5.74) is 0.581. The molecule has 118 valence electrons. The van der Waals surface area contributed by atoms with Gasteiger partial charge in [-0.25, -0.2) is 0 Å². The summed E-state index contributed by atoms with van der Waals surface area (Å²) in [6.07, 6.45) is 5.51. The Kier molecular flexibility index (Phi) is 4.11. The van der Waals surface area contributed by atoms with Gasteiger partial charge in [0.15, 0.2) is 0 Å². The summed E-state index contributed by atoms with van der Waals surface area (Å²) in [5, 5.41) is 2.94. The van der Waals surface area contributed by atoms with Gasteiger partial charge in [0.2, 0.25) is 5.91 Å². The molecule has 0 aliphatic carbocycles. The zero-order valence-corrected chi connectivity index (χ0v) is 12.9. The molecule has 2 saturated heterocycles. The molecule has 1 aromatic heterocycles. The molecule has 3 heterocycles. The van der Waals surface area contributed by atoms with Crippen molar-refractivity contribution < 1.29 is 9.59 Å². The van der Waals surface area contributed by atoms with E-state index in [9.17, 15) is 9.59 Å². The van der Waals surface area contributed by atoms with Crippen molar-refractivity contribution in [1.82, 2.24) is 20.1 Å². The van der Waals surface area contributed by atoms with Crippen LogP contribution in [0.2, 0.25) is 0 Å². The second-order valence-corrected chi connectivity index (χ2v) is 6.21. The highest BCUT2D eigenvalue weighted by molar-refractivity contribution is 5.94. The quantitative estimate of drug-likeness (QED) is 0.821. The topological polar surface area (TPSA) is 65.5 Å². The first-order valence-corrected chi connectivity index (χ1v) is 7.78. The molecular weight excluding hydrogens is 280 g/mol. The fraction of sp³-hybridized carbons (Fsp3) is 0.562. The van der Waals surface area contributed by atoms with Gasteiger partial charge >= 0.3 is 0 Å². The molecule has 22 heavy (non-hydrogen) atoms. The first kappa shape index (κ1) is 15.0. The molecule has 0 unspecified atom stereocenters. The first-order chi connectivity index (χ1) is 10.6. The minimum atomic E-state index is -0.0971. The molecule has 2 amide bonds. The second kappa shape index (κ2) is 6.04. The van der Waals surface area contributed by atoms with E-state index >= 15 is 0 Å². The molecule has 1 atom stereocenters. The van der Waals surface area contributed by atoms with Crippen LogP contribution in [0.5, 0.6) is 0 Å². The van der Waals surface area contributed by atoms with E-state index < -0.39 is 0 Å². The number of pyridine rings is 1. The second-order valence-electron chi connectivity index (χ2n) is 6.21. The minimum absolute atomic E-state index is 0.0541. The molecule has 1 aromatic rings. The van der Waals surface area contributed by atoms with Crippen LogP contribution in [-0.4, -0.2) is 65.4 Å². The largest absolute Gasteiger partial charge is 0.356 e. The molecule has 3 rings (SSSR count). The maximum absolute atomic E-state index is 12.7. The van der Waals surface area contributed by atoms with E-state index in [0.717, 1.165) is 25.9 Å². The average molecular weight is 302 g/mol. The highest BCUT2D eigenvalue weighted by Crippen LogP contribution is 2.30. The third-order valence-corrected chi connectivity index (χ3v) is 4.94. The minimum Gasteiger partial charge on any atom is -0.356 e. The number of hydrogen-bond acceptors (Lipinski definition) is 4. The Bertz CT molecular complexity index is 563. The number of piperazine rings is 1. The Morgan fingerprint density at radius 3 is 2.82 bits per heavy atom. The third-order valence-electron chi connectivity index (χ3n) is 4.94. The zero-order valence-electron chi connectivity index (χ0n) is 12.9. The molecule has 0 radical (unpaired) electrons. The Hall–Kier alpha value is -1.95. The fourth-order valence-corrected chi connectivity index (χ4v) is 3.45. The smallest absolute Gasteiger partial charge is 0.254 e. The van der Waals surface area contributed by atoms with E-state index in [1.807, 2.05) is 4.90 Å². The van der Waals surface area contributed by atoms with Gasteiger partial charge in [-0.1, -0.05) is 0 Å². The van der Waals surface area contributed by atoms with Crippen molar-refractivity contribution in [1.29, 1.82) is 0 Å². The van der Waals surface area contributed by atoms with Gasteiger partial charge in [0.25, 0.3) is 5.91 Å². The van der Waals surface area contributed by atoms with Crippen molar-refractivity contribution in [3.8, 4) is 0 Å². The predicted octanol–water partition coefficient (Wildman–Crippen LogP) is 0.508. The van der Waals surface area contributed by atoms with Crippen molar-refractivity contribution in [3.63, 3.8) is 0 Å².